The molecule has 0 aromatic heterocycles. The molecule has 0 amide bonds. The first-order chi connectivity index (χ1) is 6.29. The van der Waals surface area contributed by atoms with Crippen molar-refractivity contribution in [2.24, 2.45) is 0 Å². The lowest BCUT2D eigenvalue weighted by molar-refractivity contribution is 0.175. The molecule has 1 aliphatic heterocycles. The first kappa shape index (κ1) is 11.9. The minimum absolute atomic E-state index is 0.610. The van der Waals surface area contributed by atoms with Gasteiger partial charge in [-0.1, -0.05) is 45.7 Å². The average molecular weight is 178 g/mol. The summed E-state index contributed by atoms with van der Waals surface area (Å²) in [6, 6.07) is 0. The summed E-state index contributed by atoms with van der Waals surface area (Å²) < 4.78 is 5.24. The molecule has 72 valence electrons. The van der Waals surface area contributed by atoms with E-state index in [9.17, 15) is 0 Å². The summed E-state index contributed by atoms with van der Waals surface area (Å²) in [6.07, 6.45) is 3.60. The highest BCUT2D eigenvalue weighted by atomic mass is 16.5. The molecule has 0 aliphatic carbocycles. The van der Waals surface area contributed by atoms with Gasteiger partial charge in [0.15, 0.2) is 0 Å². The van der Waals surface area contributed by atoms with E-state index in [2.05, 4.69) is 19.7 Å². The number of ether oxygens (including phenoxy) is 1. The summed E-state index contributed by atoms with van der Waals surface area (Å²) in [6.45, 7) is 16.5. The Balaban J connectivity index is 0.000000671. The van der Waals surface area contributed by atoms with Gasteiger partial charge in [0.05, 0.1) is 13.2 Å². The molecule has 0 spiro atoms. The van der Waals surface area contributed by atoms with Crippen molar-refractivity contribution in [1.29, 1.82) is 0 Å². The molecular formula is C12H18O. The molecule has 13 heavy (non-hydrogen) atoms. The second-order valence-electron chi connectivity index (χ2n) is 2.44. The Hall–Kier alpha value is -1.08. The van der Waals surface area contributed by atoms with Gasteiger partial charge in [0.25, 0.3) is 0 Å². The zero-order valence-electron chi connectivity index (χ0n) is 8.60. The van der Waals surface area contributed by atoms with Gasteiger partial charge in [-0.25, -0.2) is 0 Å². The van der Waals surface area contributed by atoms with Gasteiger partial charge >= 0.3 is 0 Å². The molecule has 0 bridgehead atoms. The van der Waals surface area contributed by atoms with E-state index >= 15 is 0 Å². The van der Waals surface area contributed by atoms with Crippen LogP contribution in [0.2, 0.25) is 0 Å². The van der Waals surface area contributed by atoms with Crippen molar-refractivity contribution in [2.75, 3.05) is 13.2 Å². The molecule has 0 N–H and O–H groups in total. The summed E-state index contributed by atoms with van der Waals surface area (Å²) in [5.41, 5.74) is 3.16. The fourth-order valence-corrected chi connectivity index (χ4v) is 1.11. The molecular weight excluding hydrogens is 160 g/mol. The van der Waals surface area contributed by atoms with Crippen molar-refractivity contribution < 1.29 is 4.74 Å². The van der Waals surface area contributed by atoms with Crippen LogP contribution in [-0.4, -0.2) is 13.2 Å². The van der Waals surface area contributed by atoms with E-state index in [1.54, 1.807) is 6.08 Å². The van der Waals surface area contributed by atoms with Crippen LogP contribution in [0.5, 0.6) is 0 Å². The zero-order chi connectivity index (χ0) is 10.3. The Morgan fingerprint density at radius 2 is 1.77 bits per heavy atom. The first-order valence-electron chi connectivity index (χ1n) is 4.53. The fourth-order valence-electron chi connectivity index (χ4n) is 1.11. The van der Waals surface area contributed by atoms with Crippen molar-refractivity contribution in [1.82, 2.24) is 0 Å². The maximum atomic E-state index is 5.24. The van der Waals surface area contributed by atoms with Gasteiger partial charge in [-0.15, -0.1) is 0 Å². The van der Waals surface area contributed by atoms with Crippen molar-refractivity contribution in [3.63, 3.8) is 0 Å². The summed E-state index contributed by atoms with van der Waals surface area (Å²) in [5.74, 6) is 0. The Kier molecular flexibility index (Phi) is 5.90. The smallest absolute Gasteiger partial charge is 0.0727 e. The van der Waals surface area contributed by atoms with Crippen molar-refractivity contribution >= 4 is 0 Å². The monoisotopic (exact) mass is 178 g/mol. The number of hydrogen-bond acceptors (Lipinski definition) is 1. The standard InChI is InChI=1S/C10H12O.C2H6/c1-4-9-7-11-6-8(3)10(9)5-2;1-2/h4-5H,1-3,6-7H2;1-2H3. The Morgan fingerprint density at radius 1 is 1.15 bits per heavy atom. The minimum atomic E-state index is 0.610. The quantitative estimate of drug-likeness (QED) is 0.630. The highest BCUT2D eigenvalue weighted by Gasteiger charge is 2.10. The average Bonchev–Trinajstić information content (AvgIpc) is 2.20. The van der Waals surface area contributed by atoms with E-state index in [0.29, 0.717) is 13.2 Å². The highest BCUT2D eigenvalue weighted by molar-refractivity contribution is 5.46. The maximum absolute atomic E-state index is 5.24. The van der Waals surface area contributed by atoms with Gasteiger partial charge in [0.2, 0.25) is 0 Å². The highest BCUT2D eigenvalue weighted by Crippen LogP contribution is 2.20. The van der Waals surface area contributed by atoms with Gasteiger partial charge in [-0.05, 0) is 16.7 Å². The van der Waals surface area contributed by atoms with Gasteiger partial charge in [-0.3, -0.25) is 0 Å². The fraction of sp³-hybridized carbons (Fsp3) is 0.333. The van der Waals surface area contributed by atoms with Crippen LogP contribution in [0.1, 0.15) is 13.8 Å². The number of allylic oxidation sites excluding steroid dienone is 1. The summed E-state index contributed by atoms with van der Waals surface area (Å²) in [5, 5.41) is 0. The van der Waals surface area contributed by atoms with Crippen LogP contribution in [0.25, 0.3) is 0 Å². The lowest BCUT2D eigenvalue weighted by atomic mass is 10.0. The molecule has 0 aromatic carbocycles. The SMILES string of the molecule is C=CC1=C(C=C)C(=C)COC1.CC. The number of hydrogen-bond donors (Lipinski definition) is 0. The molecule has 0 aromatic rings. The van der Waals surface area contributed by atoms with E-state index in [4.69, 9.17) is 4.74 Å². The molecule has 1 heterocycles. The van der Waals surface area contributed by atoms with Gasteiger partial charge in [0, 0.05) is 0 Å². The molecule has 0 saturated carbocycles. The normalized spacial score (nSPS) is 16.0. The molecule has 1 rings (SSSR count). The lowest BCUT2D eigenvalue weighted by Crippen LogP contribution is -2.11. The second kappa shape index (κ2) is 6.44. The van der Waals surface area contributed by atoms with Crippen LogP contribution in [0, 0.1) is 0 Å². The van der Waals surface area contributed by atoms with Gasteiger partial charge in [-0.2, -0.15) is 0 Å². The van der Waals surface area contributed by atoms with E-state index in [0.717, 1.165) is 16.7 Å². The van der Waals surface area contributed by atoms with Crippen LogP contribution in [0.4, 0.5) is 0 Å². The van der Waals surface area contributed by atoms with Crippen LogP contribution in [-0.2, 0) is 4.74 Å². The molecule has 0 saturated heterocycles. The van der Waals surface area contributed by atoms with Crippen molar-refractivity contribution in [2.45, 2.75) is 13.8 Å². The predicted octanol–water partition coefficient (Wildman–Crippen LogP) is 3.27. The predicted molar refractivity (Wildman–Crippen MR) is 58.7 cm³/mol. The largest absolute Gasteiger partial charge is 0.372 e. The third kappa shape index (κ3) is 3.03. The zero-order valence-corrected chi connectivity index (χ0v) is 8.60. The second-order valence-corrected chi connectivity index (χ2v) is 2.44. The summed E-state index contributed by atoms with van der Waals surface area (Å²) in [4.78, 5) is 0. The van der Waals surface area contributed by atoms with Crippen LogP contribution < -0.4 is 0 Å². The van der Waals surface area contributed by atoms with Crippen molar-refractivity contribution in [3.8, 4) is 0 Å². The lowest BCUT2D eigenvalue weighted by Gasteiger charge is -2.18. The molecule has 0 unspecified atom stereocenters. The maximum Gasteiger partial charge on any atom is 0.0727 e. The molecule has 1 aliphatic rings. The van der Waals surface area contributed by atoms with E-state index in [1.165, 1.54) is 0 Å². The van der Waals surface area contributed by atoms with Crippen LogP contribution in [0.3, 0.4) is 0 Å². The molecule has 0 radical (unpaired) electrons. The third-order valence-electron chi connectivity index (χ3n) is 1.71. The minimum Gasteiger partial charge on any atom is -0.372 e. The van der Waals surface area contributed by atoms with Crippen LogP contribution in [0.15, 0.2) is 48.6 Å². The van der Waals surface area contributed by atoms with Crippen molar-refractivity contribution in [3.05, 3.63) is 48.6 Å². The first-order valence-corrected chi connectivity index (χ1v) is 4.53. The Morgan fingerprint density at radius 3 is 2.15 bits per heavy atom. The summed E-state index contributed by atoms with van der Waals surface area (Å²) in [7, 11) is 0. The van der Waals surface area contributed by atoms with Gasteiger partial charge < -0.3 is 4.74 Å². The van der Waals surface area contributed by atoms with Crippen LogP contribution >= 0.6 is 0 Å². The topological polar surface area (TPSA) is 9.23 Å². The van der Waals surface area contributed by atoms with E-state index < -0.39 is 0 Å². The molecule has 0 atom stereocenters. The van der Waals surface area contributed by atoms with E-state index in [-0.39, 0.29) is 0 Å². The van der Waals surface area contributed by atoms with E-state index in [1.807, 2.05) is 19.9 Å². The molecule has 1 nitrogen and oxygen atoms in total. The van der Waals surface area contributed by atoms with Gasteiger partial charge in [0.1, 0.15) is 0 Å². The molecule has 1 heteroatoms. The Bertz CT molecular complexity index is 234. The third-order valence-corrected chi connectivity index (χ3v) is 1.71. The summed E-state index contributed by atoms with van der Waals surface area (Å²) >= 11 is 0. The Labute approximate surface area is 81.1 Å². The number of rotatable bonds is 2. The molecule has 0 fully saturated rings.